The van der Waals surface area contributed by atoms with Crippen molar-refractivity contribution >= 4 is 0 Å². The van der Waals surface area contributed by atoms with Crippen LogP contribution in [0.1, 0.15) is 30.4 Å². The average Bonchev–Trinajstić information content (AvgIpc) is 2.91. The Hall–Kier alpha value is -1.09. The Bertz CT molecular complexity index is 385. The Balaban J connectivity index is 2.16. The lowest BCUT2D eigenvalue weighted by molar-refractivity contribution is 0.452. The molecular formula is C12H16FNO. The summed E-state index contributed by atoms with van der Waals surface area (Å²) in [7, 11) is 0. The summed E-state index contributed by atoms with van der Waals surface area (Å²) in [4.78, 5) is 0. The van der Waals surface area contributed by atoms with Gasteiger partial charge >= 0.3 is 0 Å². The number of rotatable bonds is 3. The van der Waals surface area contributed by atoms with Gasteiger partial charge in [-0.15, -0.1) is 0 Å². The van der Waals surface area contributed by atoms with Crippen LogP contribution in [0.15, 0.2) is 12.1 Å². The third-order valence-corrected chi connectivity index (χ3v) is 3.18. The highest BCUT2D eigenvalue weighted by Crippen LogP contribution is 2.37. The van der Waals surface area contributed by atoms with Crippen LogP contribution in [0.3, 0.4) is 0 Å². The fraction of sp³-hybridized carbons (Fsp3) is 0.500. The van der Waals surface area contributed by atoms with E-state index in [2.05, 4.69) is 0 Å². The number of benzene rings is 1. The number of nitrogens with two attached hydrogens (primary N) is 1. The zero-order chi connectivity index (χ0) is 11.1. The molecule has 15 heavy (non-hydrogen) atoms. The third kappa shape index (κ3) is 2.12. The molecule has 0 aliphatic heterocycles. The minimum Gasteiger partial charge on any atom is -0.508 e. The maximum Gasteiger partial charge on any atom is 0.132 e. The maximum absolute atomic E-state index is 13.7. The van der Waals surface area contributed by atoms with Crippen LogP contribution in [0.5, 0.6) is 5.75 Å². The molecule has 0 unspecified atom stereocenters. The van der Waals surface area contributed by atoms with E-state index in [4.69, 9.17) is 5.73 Å². The average molecular weight is 209 g/mol. The largest absolute Gasteiger partial charge is 0.508 e. The van der Waals surface area contributed by atoms with E-state index >= 15 is 0 Å². The molecule has 0 atom stereocenters. The summed E-state index contributed by atoms with van der Waals surface area (Å²) in [6.45, 7) is 1.70. The van der Waals surface area contributed by atoms with E-state index < -0.39 is 0 Å². The Morgan fingerprint density at radius 2 is 2.13 bits per heavy atom. The van der Waals surface area contributed by atoms with E-state index in [1.165, 1.54) is 0 Å². The summed E-state index contributed by atoms with van der Waals surface area (Å²) < 4.78 is 13.7. The van der Waals surface area contributed by atoms with Crippen LogP contribution in [0.2, 0.25) is 0 Å². The van der Waals surface area contributed by atoms with Crippen LogP contribution in [-0.2, 0) is 6.42 Å². The number of phenolic OH excluding ortho intramolecular Hbond substituents is 1. The van der Waals surface area contributed by atoms with Crippen molar-refractivity contribution in [3.8, 4) is 5.75 Å². The summed E-state index contributed by atoms with van der Waals surface area (Å²) in [5.74, 6) is -0.249. The maximum atomic E-state index is 13.7. The minimum absolute atomic E-state index is 0.0438. The summed E-state index contributed by atoms with van der Waals surface area (Å²) in [5.41, 5.74) is 6.82. The second-order valence-electron chi connectivity index (χ2n) is 4.56. The molecular weight excluding hydrogens is 193 g/mol. The molecule has 0 heterocycles. The van der Waals surface area contributed by atoms with Crippen molar-refractivity contribution in [3.63, 3.8) is 0 Å². The molecule has 0 aromatic heterocycles. The topological polar surface area (TPSA) is 46.2 Å². The summed E-state index contributed by atoms with van der Waals surface area (Å²) in [6.07, 6.45) is 3.30. The summed E-state index contributed by atoms with van der Waals surface area (Å²) >= 11 is 0. The van der Waals surface area contributed by atoms with E-state index in [0.717, 1.165) is 19.3 Å². The second-order valence-corrected chi connectivity index (χ2v) is 4.56. The lowest BCUT2D eigenvalue weighted by Crippen LogP contribution is -2.22. The Kier molecular flexibility index (Phi) is 2.43. The van der Waals surface area contributed by atoms with Gasteiger partial charge in [0.25, 0.3) is 0 Å². The van der Waals surface area contributed by atoms with Crippen molar-refractivity contribution in [2.24, 2.45) is 5.73 Å². The molecule has 0 radical (unpaired) electrons. The molecule has 1 aliphatic rings. The molecule has 0 bridgehead atoms. The first-order valence-electron chi connectivity index (χ1n) is 5.28. The molecule has 1 aliphatic carbocycles. The summed E-state index contributed by atoms with van der Waals surface area (Å²) in [6, 6.07) is 3.13. The SMILES string of the molecule is Cc1ccc(O)c(CCC2(N)CC2)c1F. The molecule has 0 amide bonds. The lowest BCUT2D eigenvalue weighted by atomic mass is 10.0. The normalized spacial score (nSPS) is 17.8. The van der Waals surface area contributed by atoms with Gasteiger partial charge in [-0.3, -0.25) is 0 Å². The minimum atomic E-state index is -0.292. The number of phenols is 1. The molecule has 0 spiro atoms. The number of aromatic hydroxyl groups is 1. The second kappa shape index (κ2) is 3.49. The molecule has 1 fully saturated rings. The van der Waals surface area contributed by atoms with Gasteiger partial charge in [-0.2, -0.15) is 0 Å². The molecule has 1 saturated carbocycles. The van der Waals surface area contributed by atoms with Crippen molar-refractivity contribution in [3.05, 3.63) is 29.1 Å². The van der Waals surface area contributed by atoms with Gasteiger partial charge in [0.15, 0.2) is 0 Å². The number of hydrogen-bond acceptors (Lipinski definition) is 2. The first kappa shape index (κ1) is 10.4. The van der Waals surface area contributed by atoms with Gasteiger partial charge in [-0.05, 0) is 44.2 Å². The molecule has 2 rings (SSSR count). The van der Waals surface area contributed by atoms with Crippen molar-refractivity contribution < 1.29 is 9.50 Å². The van der Waals surface area contributed by atoms with Gasteiger partial charge in [0.1, 0.15) is 11.6 Å². The Morgan fingerprint density at radius 3 is 2.73 bits per heavy atom. The van der Waals surface area contributed by atoms with E-state index in [0.29, 0.717) is 17.5 Å². The van der Waals surface area contributed by atoms with E-state index in [9.17, 15) is 9.50 Å². The van der Waals surface area contributed by atoms with Crippen molar-refractivity contribution in [2.45, 2.75) is 38.1 Å². The van der Waals surface area contributed by atoms with Gasteiger partial charge < -0.3 is 10.8 Å². The van der Waals surface area contributed by atoms with Crippen LogP contribution in [0, 0.1) is 12.7 Å². The Morgan fingerprint density at radius 1 is 1.47 bits per heavy atom. The zero-order valence-corrected chi connectivity index (χ0v) is 8.89. The van der Waals surface area contributed by atoms with Crippen molar-refractivity contribution in [1.82, 2.24) is 0 Å². The summed E-state index contributed by atoms with van der Waals surface area (Å²) in [5, 5.41) is 9.55. The molecule has 3 N–H and O–H groups in total. The zero-order valence-electron chi connectivity index (χ0n) is 8.89. The smallest absolute Gasteiger partial charge is 0.132 e. The molecule has 2 nitrogen and oxygen atoms in total. The van der Waals surface area contributed by atoms with Crippen LogP contribution in [0.4, 0.5) is 4.39 Å². The quantitative estimate of drug-likeness (QED) is 0.802. The highest BCUT2D eigenvalue weighted by atomic mass is 19.1. The molecule has 3 heteroatoms. The fourth-order valence-electron chi connectivity index (χ4n) is 1.75. The molecule has 0 saturated heterocycles. The third-order valence-electron chi connectivity index (χ3n) is 3.18. The lowest BCUT2D eigenvalue weighted by Gasteiger charge is -2.11. The van der Waals surface area contributed by atoms with Crippen molar-refractivity contribution in [2.75, 3.05) is 0 Å². The predicted octanol–water partition coefficient (Wildman–Crippen LogP) is 2.26. The van der Waals surface area contributed by atoms with Crippen LogP contribution < -0.4 is 5.73 Å². The molecule has 82 valence electrons. The van der Waals surface area contributed by atoms with Gasteiger partial charge in [-0.1, -0.05) is 6.07 Å². The molecule has 1 aromatic carbocycles. The van der Waals surface area contributed by atoms with Crippen molar-refractivity contribution in [1.29, 1.82) is 0 Å². The monoisotopic (exact) mass is 209 g/mol. The van der Waals surface area contributed by atoms with Gasteiger partial charge in [0.2, 0.25) is 0 Å². The highest BCUT2D eigenvalue weighted by molar-refractivity contribution is 5.37. The van der Waals surface area contributed by atoms with Gasteiger partial charge in [0.05, 0.1) is 0 Å². The fourth-order valence-corrected chi connectivity index (χ4v) is 1.75. The van der Waals surface area contributed by atoms with Crippen LogP contribution in [0.25, 0.3) is 0 Å². The number of aryl methyl sites for hydroxylation is 1. The first-order chi connectivity index (χ1) is 7.02. The van der Waals surface area contributed by atoms with Gasteiger partial charge in [-0.25, -0.2) is 4.39 Å². The van der Waals surface area contributed by atoms with Crippen LogP contribution >= 0.6 is 0 Å². The Labute approximate surface area is 88.9 Å². The first-order valence-corrected chi connectivity index (χ1v) is 5.28. The highest BCUT2D eigenvalue weighted by Gasteiger charge is 2.37. The number of hydrogen-bond donors (Lipinski definition) is 2. The van der Waals surface area contributed by atoms with E-state index in [1.54, 1.807) is 19.1 Å². The van der Waals surface area contributed by atoms with E-state index in [1.807, 2.05) is 0 Å². The van der Waals surface area contributed by atoms with E-state index in [-0.39, 0.29) is 17.1 Å². The molecule has 1 aromatic rings. The van der Waals surface area contributed by atoms with Gasteiger partial charge in [0, 0.05) is 11.1 Å². The number of halogens is 1. The predicted molar refractivity (Wildman–Crippen MR) is 57.3 cm³/mol. The van der Waals surface area contributed by atoms with Crippen LogP contribution in [-0.4, -0.2) is 10.6 Å². The standard InChI is InChI=1S/C12H16FNO/c1-8-2-3-10(15)9(11(8)13)4-5-12(14)6-7-12/h2-3,15H,4-7,14H2,1H3.